The molecule has 0 spiro atoms. The van der Waals surface area contributed by atoms with Crippen molar-refractivity contribution in [1.82, 2.24) is 5.16 Å². The maximum atomic E-state index is 5.81. The van der Waals surface area contributed by atoms with E-state index in [0.717, 1.165) is 29.6 Å². The number of hydrogen-bond donors (Lipinski definition) is 1. The Balaban J connectivity index is 1.93. The summed E-state index contributed by atoms with van der Waals surface area (Å²) in [5.74, 6) is 4.10. The van der Waals surface area contributed by atoms with Gasteiger partial charge in [0.25, 0.3) is 0 Å². The molecule has 1 heterocycles. The number of hydrogen-bond acceptors (Lipinski definition) is 3. The SMILES string of the molecule is CCc1c(N)noc1C1CC2CCC1C2. The fourth-order valence-electron chi connectivity index (χ4n) is 3.55. The van der Waals surface area contributed by atoms with Crippen LogP contribution in [0.5, 0.6) is 0 Å². The summed E-state index contributed by atoms with van der Waals surface area (Å²) in [6.45, 7) is 2.12. The molecular formula is C12H18N2O. The maximum absolute atomic E-state index is 5.81. The molecule has 2 saturated carbocycles. The summed E-state index contributed by atoms with van der Waals surface area (Å²) in [6.07, 6.45) is 6.44. The summed E-state index contributed by atoms with van der Waals surface area (Å²) in [4.78, 5) is 0. The van der Waals surface area contributed by atoms with Gasteiger partial charge in [-0.15, -0.1) is 0 Å². The van der Waals surface area contributed by atoms with Gasteiger partial charge in [-0.2, -0.15) is 0 Å². The van der Waals surface area contributed by atoms with Crippen LogP contribution in [0.15, 0.2) is 4.52 Å². The molecule has 3 unspecified atom stereocenters. The van der Waals surface area contributed by atoms with Gasteiger partial charge >= 0.3 is 0 Å². The van der Waals surface area contributed by atoms with Gasteiger partial charge in [0.15, 0.2) is 5.82 Å². The van der Waals surface area contributed by atoms with Crippen LogP contribution < -0.4 is 5.73 Å². The van der Waals surface area contributed by atoms with E-state index >= 15 is 0 Å². The number of nitrogens with two attached hydrogens (primary N) is 1. The minimum absolute atomic E-state index is 0.607. The third-order valence-corrected chi connectivity index (χ3v) is 4.28. The van der Waals surface area contributed by atoms with Gasteiger partial charge in [-0.1, -0.05) is 18.5 Å². The smallest absolute Gasteiger partial charge is 0.170 e. The molecule has 2 fully saturated rings. The van der Waals surface area contributed by atoms with Crippen molar-refractivity contribution in [1.29, 1.82) is 0 Å². The van der Waals surface area contributed by atoms with Gasteiger partial charge in [0.05, 0.1) is 0 Å². The van der Waals surface area contributed by atoms with Crippen LogP contribution in [-0.4, -0.2) is 5.16 Å². The zero-order valence-corrected chi connectivity index (χ0v) is 9.20. The Morgan fingerprint density at radius 2 is 2.27 bits per heavy atom. The topological polar surface area (TPSA) is 52.0 Å². The first-order valence-electron chi connectivity index (χ1n) is 6.03. The maximum Gasteiger partial charge on any atom is 0.170 e. The van der Waals surface area contributed by atoms with Crippen molar-refractivity contribution in [3.05, 3.63) is 11.3 Å². The quantitative estimate of drug-likeness (QED) is 0.809. The Hall–Kier alpha value is -0.990. The Morgan fingerprint density at radius 1 is 1.40 bits per heavy atom. The zero-order chi connectivity index (χ0) is 10.4. The van der Waals surface area contributed by atoms with Gasteiger partial charge in [-0.25, -0.2) is 0 Å². The Morgan fingerprint density at radius 3 is 2.87 bits per heavy atom. The molecular weight excluding hydrogens is 188 g/mol. The standard InChI is InChI=1S/C12H18N2O/c1-2-9-11(15-14-12(9)13)10-6-7-3-4-8(10)5-7/h7-8,10H,2-6H2,1H3,(H2,13,14). The summed E-state index contributed by atoms with van der Waals surface area (Å²) in [6, 6.07) is 0. The minimum atomic E-state index is 0.607. The van der Waals surface area contributed by atoms with Crippen molar-refractivity contribution in [3.63, 3.8) is 0 Å². The number of nitrogen functional groups attached to an aromatic ring is 1. The highest BCUT2D eigenvalue weighted by atomic mass is 16.5. The molecule has 3 heteroatoms. The van der Waals surface area contributed by atoms with Crippen molar-refractivity contribution in [3.8, 4) is 0 Å². The van der Waals surface area contributed by atoms with Gasteiger partial charge < -0.3 is 10.3 Å². The predicted octanol–water partition coefficient (Wildman–Crippen LogP) is 2.72. The lowest BCUT2D eigenvalue weighted by Crippen LogP contribution is -2.09. The first kappa shape index (κ1) is 9.25. The molecule has 1 aromatic heterocycles. The van der Waals surface area contributed by atoms with Crippen molar-refractivity contribution in [2.45, 2.75) is 44.9 Å². The summed E-state index contributed by atoms with van der Waals surface area (Å²) >= 11 is 0. The predicted molar refractivity (Wildman–Crippen MR) is 58.5 cm³/mol. The molecule has 3 rings (SSSR count). The molecule has 2 bridgehead atoms. The highest BCUT2D eigenvalue weighted by molar-refractivity contribution is 5.42. The monoisotopic (exact) mass is 206 g/mol. The number of rotatable bonds is 2. The third kappa shape index (κ3) is 1.29. The van der Waals surface area contributed by atoms with E-state index in [-0.39, 0.29) is 0 Å². The molecule has 0 radical (unpaired) electrons. The van der Waals surface area contributed by atoms with Crippen LogP contribution in [0, 0.1) is 11.8 Å². The van der Waals surface area contributed by atoms with E-state index in [1.54, 1.807) is 0 Å². The van der Waals surface area contributed by atoms with Crippen LogP contribution in [0.25, 0.3) is 0 Å². The Labute approximate surface area is 90.0 Å². The molecule has 3 atom stereocenters. The van der Waals surface area contributed by atoms with Crippen LogP contribution in [-0.2, 0) is 6.42 Å². The molecule has 2 N–H and O–H groups in total. The largest absolute Gasteiger partial charge is 0.381 e. The number of anilines is 1. The van der Waals surface area contributed by atoms with E-state index < -0.39 is 0 Å². The van der Waals surface area contributed by atoms with E-state index in [9.17, 15) is 0 Å². The highest BCUT2D eigenvalue weighted by Gasteiger charge is 2.43. The summed E-state index contributed by atoms with van der Waals surface area (Å²) in [5.41, 5.74) is 6.97. The zero-order valence-electron chi connectivity index (χ0n) is 9.20. The van der Waals surface area contributed by atoms with E-state index in [2.05, 4.69) is 12.1 Å². The molecule has 2 aliphatic carbocycles. The Bertz CT molecular complexity index is 372. The first-order chi connectivity index (χ1) is 7.29. The summed E-state index contributed by atoms with van der Waals surface area (Å²) in [5, 5.41) is 3.92. The molecule has 15 heavy (non-hydrogen) atoms. The van der Waals surface area contributed by atoms with Crippen molar-refractivity contribution in [2.24, 2.45) is 11.8 Å². The van der Waals surface area contributed by atoms with Gasteiger partial charge in [-0.3, -0.25) is 0 Å². The normalized spacial score (nSPS) is 33.8. The third-order valence-electron chi connectivity index (χ3n) is 4.28. The number of fused-ring (bicyclic) bond motifs is 2. The van der Waals surface area contributed by atoms with Crippen LogP contribution in [0.4, 0.5) is 5.82 Å². The molecule has 0 amide bonds. The molecule has 82 valence electrons. The van der Waals surface area contributed by atoms with Crippen LogP contribution in [0.3, 0.4) is 0 Å². The van der Waals surface area contributed by atoms with Gasteiger partial charge in [0.1, 0.15) is 5.76 Å². The Kier molecular flexibility index (Phi) is 2.01. The molecule has 0 aliphatic heterocycles. The van der Waals surface area contributed by atoms with Gasteiger partial charge in [0.2, 0.25) is 0 Å². The van der Waals surface area contributed by atoms with Gasteiger partial charge in [-0.05, 0) is 37.5 Å². The lowest BCUT2D eigenvalue weighted by molar-refractivity contribution is 0.309. The molecule has 0 saturated heterocycles. The molecule has 2 aliphatic rings. The molecule has 3 nitrogen and oxygen atoms in total. The second-order valence-electron chi connectivity index (χ2n) is 5.05. The van der Waals surface area contributed by atoms with E-state index in [1.165, 1.54) is 25.7 Å². The fourth-order valence-corrected chi connectivity index (χ4v) is 3.55. The number of aromatic nitrogens is 1. The second kappa shape index (κ2) is 3.26. The van der Waals surface area contributed by atoms with Crippen molar-refractivity contribution < 1.29 is 4.52 Å². The minimum Gasteiger partial charge on any atom is -0.381 e. The second-order valence-corrected chi connectivity index (χ2v) is 5.05. The van der Waals surface area contributed by atoms with Crippen LogP contribution in [0.1, 0.15) is 49.8 Å². The average molecular weight is 206 g/mol. The van der Waals surface area contributed by atoms with E-state index in [4.69, 9.17) is 10.3 Å². The summed E-state index contributed by atoms with van der Waals surface area (Å²) < 4.78 is 5.45. The van der Waals surface area contributed by atoms with E-state index in [0.29, 0.717) is 11.7 Å². The molecule has 1 aromatic rings. The lowest BCUT2D eigenvalue weighted by atomic mass is 9.85. The lowest BCUT2D eigenvalue weighted by Gasteiger charge is -2.19. The average Bonchev–Trinajstić information content (AvgIpc) is 2.90. The van der Waals surface area contributed by atoms with Crippen LogP contribution >= 0.6 is 0 Å². The van der Waals surface area contributed by atoms with E-state index in [1.807, 2.05) is 0 Å². The van der Waals surface area contributed by atoms with Crippen molar-refractivity contribution >= 4 is 5.82 Å². The van der Waals surface area contributed by atoms with Crippen LogP contribution in [0.2, 0.25) is 0 Å². The first-order valence-corrected chi connectivity index (χ1v) is 6.03. The number of nitrogens with zero attached hydrogens (tertiary/aromatic N) is 1. The fraction of sp³-hybridized carbons (Fsp3) is 0.750. The van der Waals surface area contributed by atoms with Crippen molar-refractivity contribution in [2.75, 3.05) is 5.73 Å². The van der Waals surface area contributed by atoms with Gasteiger partial charge in [0, 0.05) is 11.5 Å². The molecule has 0 aromatic carbocycles. The highest BCUT2D eigenvalue weighted by Crippen LogP contribution is 2.53. The summed E-state index contributed by atoms with van der Waals surface area (Å²) in [7, 11) is 0.